The molecular formula is C20H15F2NO3. The van der Waals surface area contributed by atoms with E-state index in [9.17, 15) is 18.4 Å². The minimum Gasteiger partial charge on any atom is -0.455 e. The van der Waals surface area contributed by atoms with E-state index in [4.69, 9.17) is 4.74 Å². The van der Waals surface area contributed by atoms with E-state index < -0.39 is 35.8 Å². The van der Waals surface area contributed by atoms with E-state index in [-0.39, 0.29) is 6.42 Å². The maximum Gasteiger partial charge on any atom is 0.310 e. The minimum absolute atomic E-state index is 0.00776. The van der Waals surface area contributed by atoms with Crippen LogP contribution >= 0.6 is 0 Å². The Morgan fingerprint density at radius 2 is 1.58 bits per heavy atom. The van der Waals surface area contributed by atoms with Gasteiger partial charge in [0.1, 0.15) is 17.3 Å². The first-order chi connectivity index (χ1) is 12.5. The van der Waals surface area contributed by atoms with Crippen LogP contribution in [0.15, 0.2) is 60.7 Å². The third-order valence-electron chi connectivity index (χ3n) is 3.75. The molecule has 3 aromatic carbocycles. The van der Waals surface area contributed by atoms with Gasteiger partial charge in [-0.15, -0.1) is 0 Å². The predicted molar refractivity (Wildman–Crippen MR) is 93.6 cm³/mol. The van der Waals surface area contributed by atoms with Gasteiger partial charge in [0.25, 0.3) is 5.91 Å². The Morgan fingerprint density at radius 1 is 0.885 bits per heavy atom. The number of hydrogen-bond donors (Lipinski definition) is 1. The molecule has 0 aromatic heterocycles. The number of amides is 1. The topological polar surface area (TPSA) is 55.4 Å². The number of fused-ring (bicyclic) bond motifs is 1. The number of nitrogens with one attached hydrogen (secondary N) is 1. The third kappa shape index (κ3) is 4.22. The summed E-state index contributed by atoms with van der Waals surface area (Å²) in [5.74, 6) is -3.23. The molecule has 6 heteroatoms. The van der Waals surface area contributed by atoms with Gasteiger partial charge in [0.05, 0.1) is 6.42 Å². The number of ether oxygens (including phenoxy) is 1. The van der Waals surface area contributed by atoms with Crippen molar-refractivity contribution in [3.05, 3.63) is 77.9 Å². The van der Waals surface area contributed by atoms with Crippen molar-refractivity contribution in [2.24, 2.45) is 0 Å². The van der Waals surface area contributed by atoms with Crippen molar-refractivity contribution in [1.29, 1.82) is 0 Å². The molecule has 0 heterocycles. The molecule has 0 spiro atoms. The van der Waals surface area contributed by atoms with E-state index in [0.717, 1.165) is 28.5 Å². The quantitative estimate of drug-likeness (QED) is 0.708. The summed E-state index contributed by atoms with van der Waals surface area (Å²) in [6, 6.07) is 16.5. The molecule has 0 aliphatic carbocycles. The summed E-state index contributed by atoms with van der Waals surface area (Å²) < 4.78 is 31.8. The number of carbonyl (C=O) groups is 2. The van der Waals surface area contributed by atoms with Crippen molar-refractivity contribution in [1.82, 2.24) is 0 Å². The highest BCUT2D eigenvalue weighted by atomic mass is 19.1. The summed E-state index contributed by atoms with van der Waals surface area (Å²) in [5.41, 5.74) is 0.178. The van der Waals surface area contributed by atoms with E-state index in [2.05, 4.69) is 5.32 Å². The second-order valence-corrected chi connectivity index (χ2v) is 5.66. The molecule has 0 radical (unpaired) electrons. The van der Waals surface area contributed by atoms with Crippen molar-refractivity contribution >= 4 is 28.3 Å². The molecule has 1 amide bonds. The second kappa shape index (κ2) is 7.74. The van der Waals surface area contributed by atoms with Crippen LogP contribution in [-0.2, 0) is 20.7 Å². The van der Waals surface area contributed by atoms with Crippen LogP contribution in [0.2, 0.25) is 0 Å². The summed E-state index contributed by atoms with van der Waals surface area (Å²) in [6.07, 6.45) is -0.00776. The molecule has 1 N–H and O–H groups in total. The average molecular weight is 355 g/mol. The largest absolute Gasteiger partial charge is 0.455 e. The highest BCUT2D eigenvalue weighted by molar-refractivity contribution is 5.93. The van der Waals surface area contributed by atoms with E-state index >= 15 is 0 Å². The van der Waals surface area contributed by atoms with Gasteiger partial charge in [0.2, 0.25) is 0 Å². The minimum atomic E-state index is -0.902. The highest BCUT2D eigenvalue weighted by Gasteiger charge is 2.14. The smallest absolute Gasteiger partial charge is 0.310 e. The van der Waals surface area contributed by atoms with Crippen LogP contribution in [0.5, 0.6) is 0 Å². The zero-order valence-electron chi connectivity index (χ0n) is 13.7. The molecule has 0 bridgehead atoms. The lowest BCUT2D eigenvalue weighted by molar-refractivity contribution is -0.146. The van der Waals surface area contributed by atoms with Gasteiger partial charge in [-0.05, 0) is 28.5 Å². The fourth-order valence-electron chi connectivity index (χ4n) is 2.51. The van der Waals surface area contributed by atoms with E-state index in [0.29, 0.717) is 0 Å². The Morgan fingerprint density at radius 3 is 2.31 bits per heavy atom. The fraction of sp³-hybridized carbons (Fsp3) is 0.100. The van der Waals surface area contributed by atoms with Gasteiger partial charge in [-0.25, -0.2) is 8.78 Å². The van der Waals surface area contributed by atoms with Gasteiger partial charge >= 0.3 is 5.97 Å². The number of carbonyl (C=O) groups excluding carboxylic acids is 2. The number of hydrogen-bond acceptors (Lipinski definition) is 3. The van der Waals surface area contributed by atoms with Gasteiger partial charge < -0.3 is 10.1 Å². The van der Waals surface area contributed by atoms with Crippen molar-refractivity contribution in [2.75, 3.05) is 11.9 Å². The van der Waals surface area contributed by atoms with Crippen molar-refractivity contribution in [3.8, 4) is 0 Å². The zero-order valence-corrected chi connectivity index (χ0v) is 13.7. The van der Waals surface area contributed by atoms with E-state index in [1.165, 1.54) is 6.07 Å². The molecule has 0 aliphatic heterocycles. The summed E-state index contributed by atoms with van der Waals surface area (Å²) in [6.45, 7) is -0.625. The molecule has 132 valence electrons. The van der Waals surface area contributed by atoms with Gasteiger partial charge in [-0.2, -0.15) is 0 Å². The fourth-order valence-corrected chi connectivity index (χ4v) is 2.51. The number of anilines is 1. The SMILES string of the molecule is O=C(COC(=O)Cc1ccc2ccccc2c1)Nc1c(F)cccc1F. The van der Waals surface area contributed by atoms with Gasteiger partial charge in [0, 0.05) is 0 Å². The van der Waals surface area contributed by atoms with Crippen molar-refractivity contribution in [3.63, 3.8) is 0 Å². The monoisotopic (exact) mass is 355 g/mol. The molecule has 26 heavy (non-hydrogen) atoms. The summed E-state index contributed by atoms with van der Waals surface area (Å²) in [7, 11) is 0. The van der Waals surface area contributed by atoms with Crippen LogP contribution in [0.25, 0.3) is 10.8 Å². The number of esters is 1. The van der Waals surface area contributed by atoms with Crippen LogP contribution in [0.3, 0.4) is 0 Å². The maximum absolute atomic E-state index is 13.5. The molecular weight excluding hydrogens is 340 g/mol. The molecule has 3 rings (SSSR count). The summed E-state index contributed by atoms with van der Waals surface area (Å²) in [5, 5.41) is 4.10. The summed E-state index contributed by atoms with van der Waals surface area (Å²) >= 11 is 0. The first-order valence-corrected chi connectivity index (χ1v) is 7.90. The first kappa shape index (κ1) is 17.5. The van der Waals surface area contributed by atoms with Crippen molar-refractivity contribution < 1.29 is 23.1 Å². The van der Waals surface area contributed by atoms with E-state index in [1.807, 2.05) is 36.4 Å². The second-order valence-electron chi connectivity index (χ2n) is 5.66. The average Bonchev–Trinajstić information content (AvgIpc) is 2.63. The number of halogens is 2. The lowest BCUT2D eigenvalue weighted by atomic mass is 10.1. The summed E-state index contributed by atoms with van der Waals surface area (Å²) in [4.78, 5) is 23.6. The number of para-hydroxylation sites is 1. The zero-order chi connectivity index (χ0) is 18.5. The molecule has 0 atom stereocenters. The Hall–Kier alpha value is -3.28. The molecule has 0 fully saturated rings. The van der Waals surface area contributed by atoms with Crippen LogP contribution in [0.1, 0.15) is 5.56 Å². The Bertz CT molecular complexity index is 952. The molecule has 4 nitrogen and oxygen atoms in total. The predicted octanol–water partition coefficient (Wildman–Crippen LogP) is 3.84. The van der Waals surface area contributed by atoms with Crippen molar-refractivity contribution in [2.45, 2.75) is 6.42 Å². The third-order valence-corrected chi connectivity index (χ3v) is 3.75. The molecule has 0 aliphatic rings. The Kier molecular flexibility index (Phi) is 5.22. The van der Waals surface area contributed by atoms with Crippen LogP contribution in [-0.4, -0.2) is 18.5 Å². The first-order valence-electron chi connectivity index (χ1n) is 7.90. The molecule has 0 unspecified atom stereocenters. The van der Waals surface area contributed by atoms with Crippen LogP contribution < -0.4 is 5.32 Å². The van der Waals surface area contributed by atoms with Gasteiger partial charge in [-0.1, -0.05) is 48.5 Å². The normalized spacial score (nSPS) is 10.5. The Labute approximate surface area is 148 Å². The van der Waals surface area contributed by atoms with Gasteiger partial charge in [-0.3, -0.25) is 9.59 Å². The lowest BCUT2D eigenvalue weighted by Gasteiger charge is -2.08. The number of benzene rings is 3. The lowest BCUT2D eigenvalue weighted by Crippen LogP contribution is -2.22. The Balaban J connectivity index is 1.55. The van der Waals surface area contributed by atoms with Crippen LogP contribution in [0, 0.1) is 11.6 Å². The van der Waals surface area contributed by atoms with E-state index in [1.54, 1.807) is 6.07 Å². The standard InChI is InChI=1S/C20H15F2NO3/c21-16-6-3-7-17(22)20(16)23-18(24)12-26-19(25)11-13-8-9-14-4-1-2-5-15(14)10-13/h1-10H,11-12H2,(H,23,24). The van der Waals surface area contributed by atoms with Gasteiger partial charge in [0.15, 0.2) is 6.61 Å². The molecule has 3 aromatic rings. The number of rotatable bonds is 5. The maximum atomic E-state index is 13.5. The van der Waals surface area contributed by atoms with Crippen LogP contribution in [0.4, 0.5) is 14.5 Å². The molecule has 0 saturated heterocycles. The molecule has 0 saturated carbocycles. The highest BCUT2D eigenvalue weighted by Crippen LogP contribution is 2.18.